The van der Waals surface area contributed by atoms with Gasteiger partial charge in [-0.25, -0.2) is 4.57 Å². The van der Waals surface area contributed by atoms with Crippen LogP contribution in [0.15, 0.2) is 72.9 Å². The minimum atomic E-state index is -4.39. The van der Waals surface area contributed by atoms with E-state index >= 15 is 0 Å². The second kappa shape index (κ2) is 39.2. The minimum absolute atomic E-state index is 0.0406. The summed E-state index contributed by atoms with van der Waals surface area (Å²) in [5.41, 5.74) is 5.33. The molecule has 10 heteroatoms. The number of carbonyl (C=O) groups excluding carboxylic acids is 2. The molecule has 0 aliphatic heterocycles. The number of hydrogen-bond donors (Lipinski definition) is 2. The zero-order valence-electron chi connectivity index (χ0n) is 33.2. The zero-order chi connectivity index (χ0) is 38.9. The van der Waals surface area contributed by atoms with Crippen molar-refractivity contribution in [3.63, 3.8) is 0 Å². The number of allylic oxidation sites excluding steroid dienone is 12. The monoisotopic (exact) mass is 764 g/mol. The van der Waals surface area contributed by atoms with Gasteiger partial charge in [0.15, 0.2) is 6.10 Å². The molecule has 0 radical (unpaired) electrons. The second-order valence-electron chi connectivity index (χ2n) is 13.1. The van der Waals surface area contributed by atoms with Crippen molar-refractivity contribution in [1.82, 2.24) is 0 Å². The van der Waals surface area contributed by atoms with Gasteiger partial charge in [-0.05, 0) is 89.9 Å². The Bertz CT molecular complexity index is 1100. The third kappa shape index (κ3) is 39.0. The SMILES string of the molecule is CCCCC/C=C/C/C=C/C/C=C/CCCCCCC(=O)O[C@H](COC(=O)CCCC/C=C/C/C=C/C/C=C/CCCCC)COP(=O)(O)OCCN. The van der Waals surface area contributed by atoms with E-state index < -0.39 is 32.5 Å². The largest absolute Gasteiger partial charge is 0.472 e. The Morgan fingerprint density at radius 2 is 0.981 bits per heavy atom. The highest BCUT2D eigenvalue weighted by Gasteiger charge is 2.25. The second-order valence-corrected chi connectivity index (χ2v) is 14.6. The number of esters is 2. The van der Waals surface area contributed by atoms with Gasteiger partial charge in [-0.15, -0.1) is 0 Å². The number of phosphoric acid groups is 1. The van der Waals surface area contributed by atoms with E-state index in [0.717, 1.165) is 70.6 Å². The summed E-state index contributed by atoms with van der Waals surface area (Å²) in [6.07, 6.45) is 46.4. The summed E-state index contributed by atoms with van der Waals surface area (Å²) in [5, 5.41) is 0. The van der Waals surface area contributed by atoms with Crippen LogP contribution in [0.2, 0.25) is 0 Å². The average molecular weight is 764 g/mol. The number of unbranched alkanes of at least 4 members (excludes halogenated alkanes) is 12. The smallest absolute Gasteiger partial charge is 0.462 e. The van der Waals surface area contributed by atoms with Crippen molar-refractivity contribution in [1.29, 1.82) is 0 Å². The first-order valence-electron chi connectivity index (χ1n) is 20.4. The fourth-order valence-corrected chi connectivity index (χ4v) is 5.76. The van der Waals surface area contributed by atoms with Gasteiger partial charge in [0.05, 0.1) is 13.2 Å². The van der Waals surface area contributed by atoms with Crippen molar-refractivity contribution in [2.75, 3.05) is 26.4 Å². The number of phosphoric ester groups is 1. The topological polar surface area (TPSA) is 134 Å². The van der Waals surface area contributed by atoms with E-state index in [2.05, 4.69) is 86.8 Å². The molecular weight excluding hydrogens is 689 g/mol. The molecule has 0 fully saturated rings. The number of ether oxygens (including phenoxy) is 2. The number of hydrogen-bond acceptors (Lipinski definition) is 8. The van der Waals surface area contributed by atoms with Crippen molar-refractivity contribution in [3.8, 4) is 0 Å². The first kappa shape index (κ1) is 50.5. The highest BCUT2D eigenvalue weighted by atomic mass is 31.2. The molecule has 304 valence electrons. The number of rotatable bonds is 37. The summed E-state index contributed by atoms with van der Waals surface area (Å²) in [6, 6.07) is 0. The fraction of sp³-hybridized carbons (Fsp3) is 0.674. The molecule has 0 aromatic carbocycles. The molecule has 0 aromatic heterocycles. The first-order valence-corrected chi connectivity index (χ1v) is 21.9. The van der Waals surface area contributed by atoms with Crippen LogP contribution in [0.5, 0.6) is 0 Å². The lowest BCUT2D eigenvalue weighted by Gasteiger charge is -2.19. The van der Waals surface area contributed by atoms with Crippen LogP contribution in [0.1, 0.15) is 155 Å². The molecule has 0 heterocycles. The lowest BCUT2D eigenvalue weighted by Crippen LogP contribution is -2.29. The van der Waals surface area contributed by atoms with E-state index in [1.165, 1.54) is 44.9 Å². The molecule has 2 atom stereocenters. The molecule has 0 amide bonds. The summed E-state index contributed by atoms with van der Waals surface area (Å²) in [4.78, 5) is 34.8. The molecule has 0 bridgehead atoms. The van der Waals surface area contributed by atoms with Gasteiger partial charge < -0.3 is 20.1 Å². The van der Waals surface area contributed by atoms with Gasteiger partial charge in [0, 0.05) is 19.4 Å². The van der Waals surface area contributed by atoms with Gasteiger partial charge in [-0.1, -0.05) is 125 Å². The van der Waals surface area contributed by atoms with Gasteiger partial charge in [0.2, 0.25) is 0 Å². The van der Waals surface area contributed by atoms with Gasteiger partial charge in [-0.3, -0.25) is 18.6 Å². The van der Waals surface area contributed by atoms with Crippen LogP contribution < -0.4 is 5.73 Å². The van der Waals surface area contributed by atoms with Crippen LogP contribution in [0, 0.1) is 0 Å². The van der Waals surface area contributed by atoms with Crippen LogP contribution in [0.25, 0.3) is 0 Å². The molecule has 1 unspecified atom stereocenters. The third-order valence-corrected chi connectivity index (χ3v) is 9.05. The summed E-state index contributed by atoms with van der Waals surface area (Å²) in [7, 11) is -4.39. The molecular formula is C43H74NO8P. The van der Waals surface area contributed by atoms with Crippen LogP contribution in [0.4, 0.5) is 0 Å². The fourth-order valence-electron chi connectivity index (χ4n) is 5.00. The van der Waals surface area contributed by atoms with Crippen molar-refractivity contribution >= 4 is 19.8 Å². The molecule has 9 nitrogen and oxygen atoms in total. The molecule has 0 aliphatic carbocycles. The molecule has 0 saturated heterocycles. The summed E-state index contributed by atoms with van der Waals surface area (Å²) >= 11 is 0. The van der Waals surface area contributed by atoms with E-state index in [1.54, 1.807) is 0 Å². The van der Waals surface area contributed by atoms with Crippen molar-refractivity contribution in [2.24, 2.45) is 5.73 Å². The molecule has 0 saturated carbocycles. The maximum absolute atomic E-state index is 12.6. The van der Waals surface area contributed by atoms with Crippen LogP contribution in [-0.2, 0) is 32.7 Å². The van der Waals surface area contributed by atoms with Crippen molar-refractivity contribution < 1.29 is 37.6 Å². The number of carbonyl (C=O) groups is 2. The lowest BCUT2D eigenvalue weighted by molar-refractivity contribution is -0.161. The molecule has 0 rings (SSSR count). The Morgan fingerprint density at radius 1 is 0.566 bits per heavy atom. The normalized spacial score (nSPS) is 14.1. The predicted molar refractivity (Wildman–Crippen MR) is 219 cm³/mol. The maximum atomic E-state index is 12.6. The highest BCUT2D eigenvalue weighted by Crippen LogP contribution is 2.43. The molecule has 0 spiro atoms. The van der Waals surface area contributed by atoms with E-state index in [9.17, 15) is 19.0 Å². The first-order chi connectivity index (χ1) is 25.8. The summed E-state index contributed by atoms with van der Waals surface area (Å²) < 4.78 is 32.7. The quantitative estimate of drug-likeness (QED) is 0.0274. The highest BCUT2D eigenvalue weighted by molar-refractivity contribution is 7.47. The van der Waals surface area contributed by atoms with Crippen molar-refractivity contribution in [3.05, 3.63) is 72.9 Å². The molecule has 3 N–H and O–H groups in total. The van der Waals surface area contributed by atoms with Gasteiger partial charge in [0.25, 0.3) is 0 Å². The molecule has 0 aliphatic rings. The Labute approximate surface area is 322 Å². The summed E-state index contributed by atoms with van der Waals surface area (Å²) in [5.74, 6) is -0.907. The maximum Gasteiger partial charge on any atom is 0.472 e. The molecule has 0 aromatic rings. The average Bonchev–Trinajstić information content (AvgIpc) is 3.14. The Hall–Kier alpha value is -2.55. The molecule has 53 heavy (non-hydrogen) atoms. The lowest BCUT2D eigenvalue weighted by atomic mass is 10.1. The van der Waals surface area contributed by atoms with Crippen molar-refractivity contribution in [2.45, 2.75) is 161 Å². The standard InChI is InChI=1S/C43H74NO8P/c1-3-5-7-9-11-13-15-17-19-20-22-24-26-28-30-32-34-36-43(46)52-41(40-51-53(47,48)50-38-37-44)39-49-42(45)35-33-31-29-27-25-23-21-18-16-14-12-10-8-6-4-2/h11-14,17-19,21-22,24-25,27,41H,3-10,15-16,20,23,26,28-40,44H2,1-2H3,(H,47,48)/b13-11+,14-12+,19-17+,21-18+,24-22+,27-25+/t41-/m1/s1. The Kier molecular flexibility index (Phi) is 37.3. The van der Waals surface area contributed by atoms with Gasteiger partial charge in [-0.2, -0.15) is 0 Å². The van der Waals surface area contributed by atoms with Crippen LogP contribution in [-0.4, -0.2) is 49.3 Å². The third-order valence-electron chi connectivity index (χ3n) is 8.06. The van der Waals surface area contributed by atoms with E-state index in [4.69, 9.17) is 24.3 Å². The summed E-state index contributed by atoms with van der Waals surface area (Å²) in [6.45, 7) is 3.58. The van der Waals surface area contributed by atoms with E-state index in [1.807, 2.05) is 0 Å². The Balaban J connectivity index is 4.32. The minimum Gasteiger partial charge on any atom is -0.462 e. The number of nitrogens with two attached hydrogens (primary N) is 1. The van der Waals surface area contributed by atoms with Gasteiger partial charge >= 0.3 is 19.8 Å². The Morgan fingerprint density at radius 3 is 1.47 bits per heavy atom. The van der Waals surface area contributed by atoms with E-state index in [0.29, 0.717) is 12.8 Å². The van der Waals surface area contributed by atoms with E-state index in [-0.39, 0.29) is 32.6 Å². The van der Waals surface area contributed by atoms with Crippen LogP contribution in [0.3, 0.4) is 0 Å². The van der Waals surface area contributed by atoms with Crippen LogP contribution >= 0.6 is 7.82 Å². The van der Waals surface area contributed by atoms with Gasteiger partial charge in [0.1, 0.15) is 6.61 Å². The zero-order valence-corrected chi connectivity index (χ0v) is 34.1. The predicted octanol–water partition coefficient (Wildman–Crippen LogP) is 11.5.